The van der Waals surface area contributed by atoms with Crippen molar-refractivity contribution >= 4 is 17.9 Å². The molecule has 0 aliphatic carbocycles. The van der Waals surface area contributed by atoms with Gasteiger partial charge in [-0.25, -0.2) is 4.79 Å². The Morgan fingerprint density at radius 3 is 2.53 bits per heavy atom. The number of alkyl carbamates (subject to hydrolysis) is 1. The number of carbonyl (C=O) groups is 3. The van der Waals surface area contributed by atoms with E-state index in [0.717, 1.165) is 18.4 Å². The van der Waals surface area contributed by atoms with Crippen LogP contribution in [0.4, 0.5) is 4.79 Å². The third-order valence-electron chi connectivity index (χ3n) is 4.41. The molecule has 158 valence electrons. The van der Waals surface area contributed by atoms with E-state index in [2.05, 4.69) is 10.6 Å². The summed E-state index contributed by atoms with van der Waals surface area (Å²) in [7, 11) is 0. The average molecular weight is 410 g/mol. The van der Waals surface area contributed by atoms with Crippen LogP contribution >= 0.6 is 0 Å². The highest BCUT2D eigenvalue weighted by Gasteiger charge is 2.26. The maximum atomic E-state index is 12.2. The van der Waals surface area contributed by atoms with E-state index in [1.54, 1.807) is 18.2 Å². The number of nitrogens with one attached hydrogen (secondary N) is 2. The van der Waals surface area contributed by atoms with Gasteiger partial charge in [0.1, 0.15) is 17.1 Å². The molecule has 3 rings (SSSR count). The van der Waals surface area contributed by atoms with E-state index in [0.29, 0.717) is 29.2 Å². The Bertz CT molecular complexity index is 945. The molecule has 0 radical (unpaired) electrons. The van der Waals surface area contributed by atoms with Gasteiger partial charge >= 0.3 is 6.09 Å². The Kier molecular flexibility index (Phi) is 6.40. The van der Waals surface area contributed by atoms with Gasteiger partial charge in [0, 0.05) is 6.54 Å². The lowest BCUT2D eigenvalue weighted by Gasteiger charge is -2.19. The summed E-state index contributed by atoms with van der Waals surface area (Å²) in [5, 5.41) is 5.07. The van der Waals surface area contributed by atoms with Crippen molar-refractivity contribution < 1.29 is 23.9 Å². The zero-order valence-corrected chi connectivity index (χ0v) is 17.4. The standard InChI is InChI=1S/C23H26N2O5/c1-23(2,3)30-22(28)24-13-5-6-15-9-11-17(12-10-15)29-18-8-4-7-16-14-19(26)25-21(27)20(16)18/h4,7-12H,5-6,13-14H2,1-3H3,(H,24,28)(H,25,26,27). The van der Waals surface area contributed by atoms with E-state index in [4.69, 9.17) is 9.47 Å². The number of benzene rings is 2. The Labute approximate surface area is 175 Å². The number of hydrogen-bond donors (Lipinski definition) is 2. The first kappa shape index (κ1) is 21.4. The largest absolute Gasteiger partial charge is 0.457 e. The molecule has 0 unspecified atom stereocenters. The fourth-order valence-electron chi connectivity index (χ4n) is 3.12. The van der Waals surface area contributed by atoms with Crippen LogP contribution in [-0.2, 0) is 22.4 Å². The fourth-order valence-corrected chi connectivity index (χ4v) is 3.12. The lowest BCUT2D eigenvalue weighted by atomic mass is 9.99. The van der Waals surface area contributed by atoms with Gasteiger partial charge in [-0.15, -0.1) is 0 Å². The molecule has 0 aromatic heterocycles. The van der Waals surface area contributed by atoms with E-state index in [1.165, 1.54) is 0 Å². The van der Waals surface area contributed by atoms with Crippen LogP contribution in [0.15, 0.2) is 42.5 Å². The second-order valence-corrected chi connectivity index (χ2v) is 8.12. The molecular formula is C23H26N2O5. The summed E-state index contributed by atoms with van der Waals surface area (Å²) in [5.74, 6) is 0.275. The molecule has 0 saturated carbocycles. The van der Waals surface area contributed by atoms with Crippen molar-refractivity contribution in [3.8, 4) is 11.5 Å². The van der Waals surface area contributed by atoms with Crippen molar-refractivity contribution in [2.24, 2.45) is 0 Å². The third kappa shape index (κ3) is 5.83. The maximum Gasteiger partial charge on any atom is 0.407 e. The van der Waals surface area contributed by atoms with Crippen molar-refractivity contribution in [2.45, 2.75) is 45.6 Å². The number of imide groups is 1. The van der Waals surface area contributed by atoms with E-state index >= 15 is 0 Å². The highest BCUT2D eigenvalue weighted by Crippen LogP contribution is 2.30. The summed E-state index contributed by atoms with van der Waals surface area (Å²) in [6.07, 6.45) is 1.32. The number of ether oxygens (including phenoxy) is 2. The molecule has 0 bridgehead atoms. The molecule has 7 heteroatoms. The number of aryl methyl sites for hydroxylation is 1. The third-order valence-corrected chi connectivity index (χ3v) is 4.41. The van der Waals surface area contributed by atoms with Crippen LogP contribution < -0.4 is 15.4 Å². The van der Waals surface area contributed by atoms with Crippen LogP contribution in [0.25, 0.3) is 0 Å². The Morgan fingerprint density at radius 2 is 1.83 bits per heavy atom. The van der Waals surface area contributed by atoms with Crippen molar-refractivity contribution in [2.75, 3.05) is 6.54 Å². The van der Waals surface area contributed by atoms with Gasteiger partial charge in [0.25, 0.3) is 5.91 Å². The molecule has 7 nitrogen and oxygen atoms in total. The van der Waals surface area contributed by atoms with Crippen LogP contribution in [0.2, 0.25) is 0 Å². The van der Waals surface area contributed by atoms with E-state index in [9.17, 15) is 14.4 Å². The Hall–Kier alpha value is -3.35. The van der Waals surface area contributed by atoms with Crippen molar-refractivity contribution in [3.63, 3.8) is 0 Å². The summed E-state index contributed by atoms with van der Waals surface area (Å²) >= 11 is 0. The van der Waals surface area contributed by atoms with Crippen LogP contribution in [0.3, 0.4) is 0 Å². The molecule has 0 fully saturated rings. The van der Waals surface area contributed by atoms with Crippen molar-refractivity contribution in [1.29, 1.82) is 0 Å². The van der Waals surface area contributed by atoms with Crippen LogP contribution in [0.5, 0.6) is 11.5 Å². The van der Waals surface area contributed by atoms with Gasteiger partial charge in [0.2, 0.25) is 5.91 Å². The molecule has 1 aliphatic heterocycles. The molecule has 3 amide bonds. The van der Waals surface area contributed by atoms with Crippen molar-refractivity contribution in [1.82, 2.24) is 10.6 Å². The van der Waals surface area contributed by atoms with Crippen molar-refractivity contribution in [3.05, 3.63) is 59.2 Å². The molecule has 1 heterocycles. The van der Waals surface area contributed by atoms with E-state index in [1.807, 2.05) is 45.0 Å². The SMILES string of the molecule is CC(C)(C)OC(=O)NCCCc1ccc(Oc2cccc3c2C(=O)NC(=O)C3)cc1. The minimum atomic E-state index is -0.506. The number of amides is 3. The zero-order valence-electron chi connectivity index (χ0n) is 17.4. The quantitative estimate of drug-likeness (QED) is 0.559. The topological polar surface area (TPSA) is 93.7 Å². The lowest BCUT2D eigenvalue weighted by Crippen LogP contribution is -2.37. The summed E-state index contributed by atoms with van der Waals surface area (Å²) in [6.45, 7) is 6.01. The summed E-state index contributed by atoms with van der Waals surface area (Å²) in [5.41, 5.74) is 1.66. The molecule has 2 aromatic carbocycles. The van der Waals surface area contributed by atoms with Gasteiger partial charge < -0.3 is 14.8 Å². The Balaban J connectivity index is 1.54. The Morgan fingerprint density at radius 1 is 1.10 bits per heavy atom. The minimum absolute atomic E-state index is 0.161. The van der Waals surface area contributed by atoms with Gasteiger partial charge in [0.15, 0.2) is 0 Å². The predicted molar refractivity (Wildman–Crippen MR) is 112 cm³/mol. The summed E-state index contributed by atoms with van der Waals surface area (Å²) in [4.78, 5) is 35.4. The molecule has 2 aromatic rings. The zero-order chi connectivity index (χ0) is 21.7. The monoisotopic (exact) mass is 410 g/mol. The highest BCUT2D eigenvalue weighted by atomic mass is 16.6. The first-order valence-corrected chi connectivity index (χ1v) is 9.91. The van der Waals surface area contributed by atoms with Gasteiger partial charge in [-0.1, -0.05) is 24.3 Å². The van der Waals surface area contributed by atoms with Gasteiger partial charge in [-0.3, -0.25) is 14.9 Å². The second kappa shape index (κ2) is 8.98. The molecule has 0 atom stereocenters. The summed E-state index contributed by atoms with van der Waals surface area (Å²) in [6, 6.07) is 12.8. The van der Waals surface area contributed by atoms with Gasteiger partial charge in [0.05, 0.1) is 12.0 Å². The molecule has 0 spiro atoms. The van der Waals surface area contributed by atoms with Gasteiger partial charge in [-0.05, 0) is 62.9 Å². The lowest BCUT2D eigenvalue weighted by molar-refractivity contribution is -0.119. The molecule has 2 N–H and O–H groups in total. The van der Waals surface area contributed by atoms with Gasteiger partial charge in [-0.2, -0.15) is 0 Å². The fraction of sp³-hybridized carbons (Fsp3) is 0.348. The van der Waals surface area contributed by atoms with E-state index in [-0.39, 0.29) is 12.3 Å². The molecule has 1 aliphatic rings. The maximum absolute atomic E-state index is 12.2. The van der Waals surface area contributed by atoms with E-state index < -0.39 is 17.6 Å². The molecule has 30 heavy (non-hydrogen) atoms. The second-order valence-electron chi connectivity index (χ2n) is 8.12. The minimum Gasteiger partial charge on any atom is -0.457 e. The van der Waals surface area contributed by atoms with Crippen LogP contribution in [-0.4, -0.2) is 30.1 Å². The predicted octanol–water partition coefficient (Wildman–Crippen LogP) is 3.75. The first-order valence-electron chi connectivity index (χ1n) is 9.91. The highest BCUT2D eigenvalue weighted by molar-refractivity contribution is 6.11. The first-order chi connectivity index (χ1) is 14.2. The van der Waals surface area contributed by atoms with Crippen LogP contribution in [0, 0.1) is 0 Å². The number of carbonyl (C=O) groups excluding carboxylic acids is 3. The molecular weight excluding hydrogens is 384 g/mol. The number of hydrogen-bond acceptors (Lipinski definition) is 5. The van der Waals surface area contributed by atoms with Crippen LogP contribution in [0.1, 0.15) is 48.7 Å². The average Bonchev–Trinajstić information content (AvgIpc) is 2.65. The normalized spacial score (nSPS) is 13.3. The smallest absolute Gasteiger partial charge is 0.407 e. The number of rotatable bonds is 6. The number of fused-ring (bicyclic) bond motifs is 1. The molecule has 0 saturated heterocycles. The summed E-state index contributed by atoms with van der Waals surface area (Å²) < 4.78 is 11.1.